The lowest BCUT2D eigenvalue weighted by atomic mass is 9.41. The van der Waals surface area contributed by atoms with Gasteiger partial charge in [0, 0.05) is 11.8 Å². The van der Waals surface area contributed by atoms with E-state index in [1.807, 2.05) is 0 Å². The monoisotopic (exact) mass is 604 g/mol. The minimum atomic E-state index is -0.228. The molecule has 0 aromatic carbocycles. The molecule has 4 N–H and O–H groups in total. The molecular weight excluding hydrogens is 540 g/mol. The average molecular weight is 605 g/mol. The van der Waals surface area contributed by atoms with E-state index in [1.165, 1.54) is 51.4 Å². The van der Waals surface area contributed by atoms with Crippen molar-refractivity contribution in [3.8, 4) is 0 Å². The van der Waals surface area contributed by atoms with E-state index in [0.717, 1.165) is 44.6 Å². The SMILES string of the molecule is CC[C@H]1[C@@H](O)[C@H]2C3CC[C@H]([C@H](C)CCNC(=O)NSC4CCC(C(C)(C)C)CC4)[C@@]3(C)CC[C@@H]2[C@@]2(C)CC[C@@H](O)C[C@@H]12. The summed E-state index contributed by atoms with van der Waals surface area (Å²) in [5.74, 6) is 4.38. The zero-order valence-corrected chi connectivity index (χ0v) is 28.8. The Bertz CT molecular complexity index is 931. The van der Waals surface area contributed by atoms with E-state index >= 15 is 0 Å². The largest absolute Gasteiger partial charge is 0.393 e. The zero-order chi connectivity index (χ0) is 30.4. The van der Waals surface area contributed by atoms with Crippen LogP contribution in [0.1, 0.15) is 132 Å². The molecule has 242 valence electrons. The van der Waals surface area contributed by atoms with Crippen LogP contribution in [0.4, 0.5) is 4.79 Å². The van der Waals surface area contributed by atoms with Gasteiger partial charge in [0.1, 0.15) is 0 Å². The minimum Gasteiger partial charge on any atom is -0.393 e. The molecule has 0 aliphatic heterocycles. The van der Waals surface area contributed by atoms with Crippen molar-refractivity contribution in [3.63, 3.8) is 0 Å². The number of fused-ring (bicyclic) bond motifs is 5. The van der Waals surface area contributed by atoms with Crippen LogP contribution in [0.15, 0.2) is 0 Å². The molecule has 5 rings (SSSR count). The number of nitrogens with one attached hydrogen (secondary N) is 2. The van der Waals surface area contributed by atoms with E-state index in [4.69, 9.17) is 0 Å². The number of carbonyl (C=O) groups excluding carboxylic acids is 1. The maximum atomic E-state index is 12.6. The van der Waals surface area contributed by atoms with Crippen molar-refractivity contribution in [2.24, 2.45) is 63.6 Å². The Morgan fingerprint density at radius 2 is 1.60 bits per heavy atom. The van der Waals surface area contributed by atoms with Crippen molar-refractivity contribution >= 4 is 18.0 Å². The second-order valence-corrected chi connectivity index (χ2v) is 18.3. The van der Waals surface area contributed by atoms with Crippen molar-refractivity contribution in [1.29, 1.82) is 0 Å². The summed E-state index contributed by atoms with van der Waals surface area (Å²) in [7, 11) is 0. The summed E-state index contributed by atoms with van der Waals surface area (Å²) in [5.41, 5.74) is 0.930. The summed E-state index contributed by atoms with van der Waals surface area (Å²) in [4.78, 5) is 12.6. The number of aliphatic hydroxyl groups excluding tert-OH is 2. The van der Waals surface area contributed by atoms with Crippen molar-refractivity contribution < 1.29 is 15.0 Å². The Hall–Kier alpha value is -0.460. The Morgan fingerprint density at radius 1 is 0.929 bits per heavy atom. The summed E-state index contributed by atoms with van der Waals surface area (Å²) in [5, 5.41) is 26.2. The molecule has 5 fully saturated rings. The second-order valence-electron chi connectivity index (χ2n) is 17.2. The summed E-state index contributed by atoms with van der Waals surface area (Å²) in [6, 6.07) is -0.0301. The predicted octanol–water partition coefficient (Wildman–Crippen LogP) is 8.19. The fourth-order valence-corrected chi connectivity index (χ4v) is 12.6. The Balaban J connectivity index is 1.12. The molecule has 5 nitrogen and oxygen atoms in total. The third-order valence-electron chi connectivity index (χ3n) is 14.3. The number of hydrogen-bond acceptors (Lipinski definition) is 4. The first-order valence-corrected chi connectivity index (χ1v) is 18.7. The first kappa shape index (κ1) is 32.9. The number of urea groups is 1. The normalized spacial score (nSPS) is 46.2. The number of hydrogen-bond donors (Lipinski definition) is 4. The van der Waals surface area contributed by atoms with Gasteiger partial charge in [0.2, 0.25) is 0 Å². The van der Waals surface area contributed by atoms with Crippen LogP contribution >= 0.6 is 11.9 Å². The molecule has 42 heavy (non-hydrogen) atoms. The number of amides is 2. The van der Waals surface area contributed by atoms with Crippen LogP contribution in [0.5, 0.6) is 0 Å². The fraction of sp³-hybridized carbons (Fsp3) is 0.972. The van der Waals surface area contributed by atoms with Crippen molar-refractivity contribution in [2.45, 2.75) is 149 Å². The van der Waals surface area contributed by atoms with Crippen LogP contribution in [-0.2, 0) is 0 Å². The van der Waals surface area contributed by atoms with Crippen LogP contribution in [0.3, 0.4) is 0 Å². The second kappa shape index (κ2) is 12.7. The maximum absolute atomic E-state index is 12.6. The molecular formula is C36H64N2O3S. The van der Waals surface area contributed by atoms with Crippen LogP contribution in [0.25, 0.3) is 0 Å². The Kier molecular flexibility index (Phi) is 9.98. The highest BCUT2D eigenvalue weighted by molar-refractivity contribution is 7.98. The lowest BCUT2D eigenvalue weighted by Gasteiger charge is -2.64. The van der Waals surface area contributed by atoms with Crippen LogP contribution < -0.4 is 10.0 Å². The Labute approximate surface area is 262 Å². The van der Waals surface area contributed by atoms with Crippen LogP contribution in [0, 0.1) is 63.6 Å². The fourth-order valence-electron chi connectivity index (χ4n) is 11.8. The average Bonchev–Trinajstić information content (AvgIpc) is 3.30. The molecule has 11 atom stereocenters. The molecule has 0 saturated heterocycles. The zero-order valence-electron chi connectivity index (χ0n) is 28.0. The molecule has 6 heteroatoms. The molecule has 5 saturated carbocycles. The molecule has 2 amide bonds. The number of rotatable bonds is 7. The lowest BCUT2D eigenvalue weighted by Crippen LogP contribution is -2.62. The van der Waals surface area contributed by atoms with Gasteiger partial charge < -0.3 is 15.5 Å². The standard InChI is InChI=1S/C36H64N2O3S/c1-8-26-30-21-24(39)15-18-36(30,7)29-16-19-35(6)27(13-14-28(35)31(29)32(26)40)22(2)17-20-37-33(41)38-42-25-11-9-23(10-12-25)34(3,4)5/h22-32,39-40H,8-21H2,1-7H3,(H2,37,38,41)/t22-,23?,24-,25?,26-,27-,28?,29+,30+,31+,32-,35-,36-/m1/s1. The van der Waals surface area contributed by atoms with Gasteiger partial charge in [-0.1, -0.05) is 54.9 Å². The van der Waals surface area contributed by atoms with E-state index in [9.17, 15) is 15.0 Å². The molecule has 0 aromatic rings. The molecule has 0 radical (unpaired) electrons. The lowest BCUT2D eigenvalue weighted by molar-refractivity contribution is -0.203. The summed E-state index contributed by atoms with van der Waals surface area (Å²) < 4.78 is 3.10. The van der Waals surface area contributed by atoms with Gasteiger partial charge in [-0.15, -0.1) is 0 Å². The highest BCUT2D eigenvalue weighted by atomic mass is 32.2. The molecule has 5 aliphatic rings. The number of carbonyl (C=O) groups is 1. The molecule has 0 spiro atoms. The van der Waals surface area contributed by atoms with E-state index in [1.54, 1.807) is 11.9 Å². The summed E-state index contributed by atoms with van der Waals surface area (Å²) >= 11 is 1.64. The van der Waals surface area contributed by atoms with Gasteiger partial charge in [0.25, 0.3) is 0 Å². The third kappa shape index (κ3) is 6.17. The van der Waals surface area contributed by atoms with Crippen LogP contribution in [0.2, 0.25) is 0 Å². The highest BCUT2D eigenvalue weighted by Gasteiger charge is 2.64. The third-order valence-corrected chi connectivity index (χ3v) is 15.4. The molecule has 0 aromatic heterocycles. The van der Waals surface area contributed by atoms with Crippen molar-refractivity contribution in [3.05, 3.63) is 0 Å². The topological polar surface area (TPSA) is 81.6 Å². The van der Waals surface area contributed by atoms with Gasteiger partial charge in [-0.05, 0) is 153 Å². The first-order valence-electron chi connectivity index (χ1n) is 17.8. The molecule has 5 aliphatic carbocycles. The molecule has 1 unspecified atom stereocenters. The summed E-state index contributed by atoms with van der Waals surface area (Å²) in [6.45, 7) is 17.6. The van der Waals surface area contributed by atoms with Gasteiger partial charge >= 0.3 is 6.03 Å². The van der Waals surface area contributed by atoms with E-state index in [2.05, 4.69) is 58.5 Å². The van der Waals surface area contributed by atoms with Crippen molar-refractivity contribution in [1.82, 2.24) is 10.0 Å². The van der Waals surface area contributed by atoms with Crippen molar-refractivity contribution in [2.75, 3.05) is 6.54 Å². The predicted molar refractivity (Wildman–Crippen MR) is 175 cm³/mol. The van der Waals surface area contributed by atoms with E-state index in [-0.39, 0.29) is 29.1 Å². The van der Waals surface area contributed by atoms with Crippen LogP contribution in [-0.4, -0.2) is 40.2 Å². The Morgan fingerprint density at radius 3 is 2.26 bits per heavy atom. The van der Waals surface area contributed by atoms with E-state index < -0.39 is 0 Å². The smallest absolute Gasteiger partial charge is 0.324 e. The maximum Gasteiger partial charge on any atom is 0.324 e. The van der Waals surface area contributed by atoms with Gasteiger partial charge in [-0.25, -0.2) is 4.79 Å². The summed E-state index contributed by atoms with van der Waals surface area (Å²) in [6.07, 6.45) is 14.5. The number of aliphatic hydroxyl groups is 2. The van der Waals surface area contributed by atoms with Gasteiger partial charge in [0.15, 0.2) is 0 Å². The minimum absolute atomic E-state index is 0.0301. The first-order chi connectivity index (χ1) is 19.8. The molecule has 0 heterocycles. The highest BCUT2D eigenvalue weighted by Crippen LogP contribution is 2.69. The van der Waals surface area contributed by atoms with Gasteiger partial charge in [0.05, 0.1) is 12.2 Å². The quantitative estimate of drug-likeness (QED) is 0.221. The van der Waals surface area contributed by atoms with Gasteiger partial charge in [-0.3, -0.25) is 4.72 Å². The molecule has 0 bridgehead atoms. The van der Waals surface area contributed by atoms with E-state index in [0.29, 0.717) is 52.1 Å². The van der Waals surface area contributed by atoms with Gasteiger partial charge in [-0.2, -0.15) is 0 Å².